The van der Waals surface area contributed by atoms with Crippen LogP contribution in [0, 0.1) is 0 Å². The van der Waals surface area contributed by atoms with E-state index in [4.69, 9.17) is 18.9 Å². The third-order valence-electron chi connectivity index (χ3n) is 10.4. The summed E-state index contributed by atoms with van der Waals surface area (Å²) in [4.78, 5) is 75.9. The van der Waals surface area contributed by atoms with Gasteiger partial charge in [0, 0.05) is 58.8 Å². The summed E-state index contributed by atoms with van der Waals surface area (Å²) in [5.74, 6) is 0.0307. The van der Waals surface area contributed by atoms with E-state index in [1.165, 1.54) is 26.2 Å². The van der Waals surface area contributed by atoms with Gasteiger partial charge in [-0.15, -0.1) is 0 Å². The summed E-state index contributed by atoms with van der Waals surface area (Å²) in [6.07, 6.45) is 3.49. The van der Waals surface area contributed by atoms with Gasteiger partial charge in [0.05, 0.1) is 37.7 Å². The van der Waals surface area contributed by atoms with Gasteiger partial charge in [-0.05, 0) is 54.5 Å². The van der Waals surface area contributed by atoms with Gasteiger partial charge in [-0.3, -0.25) is 19.5 Å². The second-order valence-corrected chi connectivity index (χ2v) is 13.9. The number of H-pyrrole nitrogens is 2. The first-order chi connectivity index (χ1) is 27.6. The van der Waals surface area contributed by atoms with Crippen LogP contribution in [-0.4, -0.2) is 133 Å². The molecule has 0 unspecified atom stereocenters. The number of rotatable bonds is 15. The molecule has 18 nitrogen and oxygen atoms in total. The molecule has 0 aliphatic carbocycles. The van der Waals surface area contributed by atoms with Crippen molar-refractivity contribution in [2.24, 2.45) is 0 Å². The van der Waals surface area contributed by atoms with Crippen molar-refractivity contribution in [1.29, 1.82) is 0 Å². The van der Waals surface area contributed by atoms with Crippen LogP contribution in [0.4, 0.5) is 15.4 Å². The molecule has 4 atom stereocenters. The first-order valence-electron chi connectivity index (χ1n) is 18.9. The molecule has 0 radical (unpaired) electrons. The molecule has 2 aliphatic heterocycles. The van der Waals surface area contributed by atoms with E-state index in [2.05, 4.69) is 36.1 Å². The number of hydrogen-bond acceptors (Lipinski definition) is 11. The molecule has 5 amide bonds. The van der Waals surface area contributed by atoms with Gasteiger partial charge >= 0.3 is 12.2 Å². The van der Waals surface area contributed by atoms with Crippen molar-refractivity contribution in [3.8, 4) is 22.4 Å². The molecule has 0 saturated carbocycles. The Hall–Kier alpha value is -6.01. The second-order valence-electron chi connectivity index (χ2n) is 13.9. The number of aromatic nitrogens is 4. The average Bonchev–Trinajstić information content (AvgIpc) is 4.07. The number of alkyl carbamates (subject to hydrolysis) is 2. The number of hydrogen-bond donors (Lipinski definition) is 5. The van der Waals surface area contributed by atoms with Gasteiger partial charge in [-0.25, -0.2) is 14.6 Å². The molecule has 6 rings (SSSR count). The molecule has 5 N–H and O–H groups in total. The molecule has 4 aromatic rings. The summed E-state index contributed by atoms with van der Waals surface area (Å²) < 4.78 is 19.7. The summed E-state index contributed by atoms with van der Waals surface area (Å²) >= 11 is 0. The van der Waals surface area contributed by atoms with Crippen molar-refractivity contribution in [2.75, 3.05) is 60.1 Å². The molecular weight excluding hydrogens is 738 g/mol. The van der Waals surface area contributed by atoms with Gasteiger partial charge in [0.2, 0.25) is 17.7 Å². The monoisotopic (exact) mass is 787 g/mol. The first kappa shape index (κ1) is 40.6. The second kappa shape index (κ2) is 18.8. The zero-order chi connectivity index (χ0) is 40.5. The van der Waals surface area contributed by atoms with Crippen molar-refractivity contribution in [3.63, 3.8) is 0 Å². The summed E-state index contributed by atoms with van der Waals surface area (Å²) in [5.41, 5.74) is 4.24. The highest BCUT2D eigenvalue weighted by Gasteiger charge is 2.39. The molecule has 57 heavy (non-hydrogen) atoms. The van der Waals surface area contributed by atoms with Gasteiger partial charge in [-0.1, -0.05) is 30.3 Å². The van der Waals surface area contributed by atoms with Crippen LogP contribution in [0.2, 0.25) is 0 Å². The van der Waals surface area contributed by atoms with Crippen LogP contribution >= 0.6 is 0 Å². The van der Waals surface area contributed by atoms with Crippen LogP contribution < -0.4 is 16.0 Å². The number of fused-ring (bicyclic) bond motifs is 1. The molecule has 2 fully saturated rings. The first-order valence-corrected chi connectivity index (χ1v) is 18.9. The number of anilines is 1. The number of methoxy groups -OCH3 is 4. The highest BCUT2D eigenvalue weighted by atomic mass is 16.5. The van der Waals surface area contributed by atoms with E-state index in [-0.39, 0.29) is 36.8 Å². The SMILES string of the molecule is COCC[C@H](NC(=O)OC)C(=O)N1CCC[C@H]1C(=O)Nc1n[nH]c2ccc(-c3ccc(-c4cnc([C@@H]5CCCN5C(=O)[C@H](CCOC)NC(=O)OC)[nH]4)cc3)cc12. The normalized spacial score (nSPS) is 17.6. The Balaban J connectivity index is 1.13. The minimum Gasteiger partial charge on any atom is -0.453 e. The van der Waals surface area contributed by atoms with Crippen LogP contribution in [-0.2, 0) is 33.3 Å². The van der Waals surface area contributed by atoms with Gasteiger partial charge in [-0.2, -0.15) is 5.10 Å². The number of amides is 5. The van der Waals surface area contributed by atoms with Gasteiger partial charge in [0.15, 0.2) is 5.82 Å². The Bertz CT molecular complexity index is 2050. The Kier molecular flexibility index (Phi) is 13.4. The lowest BCUT2D eigenvalue weighted by Gasteiger charge is -2.28. The lowest BCUT2D eigenvalue weighted by Crippen LogP contribution is -2.52. The number of ether oxygens (including phenoxy) is 4. The molecule has 2 saturated heterocycles. The maximum atomic E-state index is 13.6. The number of carbonyl (C=O) groups is 5. The van der Waals surface area contributed by atoms with Gasteiger partial charge < -0.3 is 49.7 Å². The molecule has 0 bridgehead atoms. The fourth-order valence-electron chi connectivity index (χ4n) is 7.39. The van der Waals surface area contributed by atoms with Crippen LogP contribution in [0.25, 0.3) is 33.3 Å². The molecule has 0 spiro atoms. The van der Waals surface area contributed by atoms with E-state index in [0.29, 0.717) is 56.0 Å². The van der Waals surface area contributed by atoms with Gasteiger partial charge in [0.1, 0.15) is 23.9 Å². The Morgan fingerprint density at radius 3 is 2.04 bits per heavy atom. The number of aromatic amines is 2. The third kappa shape index (κ3) is 9.35. The molecule has 4 heterocycles. The number of carbonyl (C=O) groups excluding carboxylic acids is 5. The lowest BCUT2D eigenvalue weighted by atomic mass is 10.0. The number of imidazole rings is 1. The van der Waals surface area contributed by atoms with Crippen LogP contribution in [0.3, 0.4) is 0 Å². The largest absolute Gasteiger partial charge is 0.453 e. The van der Waals surface area contributed by atoms with E-state index in [1.54, 1.807) is 18.2 Å². The van der Waals surface area contributed by atoms with Crippen molar-refractivity contribution in [1.82, 2.24) is 40.6 Å². The minimum absolute atomic E-state index is 0.216. The van der Waals surface area contributed by atoms with E-state index in [1.807, 2.05) is 42.5 Å². The van der Waals surface area contributed by atoms with Gasteiger partial charge in [0.25, 0.3) is 0 Å². The zero-order valence-electron chi connectivity index (χ0n) is 32.5. The number of nitrogens with one attached hydrogen (secondary N) is 5. The summed E-state index contributed by atoms with van der Waals surface area (Å²) in [5, 5.41) is 16.1. The predicted octanol–water partition coefficient (Wildman–Crippen LogP) is 3.74. The topological polar surface area (TPSA) is 222 Å². The number of likely N-dealkylation sites (tertiary alicyclic amines) is 2. The highest BCUT2D eigenvalue weighted by molar-refractivity contribution is 6.04. The maximum absolute atomic E-state index is 13.6. The molecule has 2 aliphatic rings. The van der Waals surface area contributed by atoms with Crippen LogP contribution in [0.1, 0.15) is 50.4 Å². The third-order valence-corrected chi connectivity index (χ3v) is 10.4. The zero-order valence-corrected chi connectivity index (χ0v) is 32.5. The quantitative estimate of drug-likeness (QED) is 0.117. The van der Waals surface area contributed by atoms with Crippen LogP contribution in [0.5, 0.6) is 0 Å². The van der Waals surface area contributed by atoms with Crippen molar-refractivity contribution >= 4 is 46.6 Å². The van der Waals surface area contributed by atoms with E-state index < -0.39 is 30.3 Å². The average molecular weight is 788 g/mol. The molecule has 18 heteroatoms. The summed E-state index contributed by atoms with van der Waals surface area (Å²) in [6, 6.07) is 11.0. The van der Waals surface area contributed by atoms with Crippen molar-refractivity contribution in [3.05, 3.63) is 54.5 Å². The fourth-order valence-corrected chi connectivity index (χ4v) is 7.39. The Morgan fingerprint density at radius 1 is 0.789 bits per heavy atom. The highest BCUT2D eigenvalue weighted by Crippen LogP contribution is 2.34. The molecule has 2 aromatic heterocycles. The standard InChI is InChI=1S/C39H49N9O9/c1-54-19-15-28(42-38(52)56-3)36(50)47-17-5-7-31(47)34-40-22-30(41-34)24-11-9-23(10-12-24)25-13-14-27-26(21-25)33(46-45-27)44-35(49)32-8-6-18-48(32)37(51)29(16-20-55-2)43-39(53)57-4/h9-14,21-22,28-29,31-32H,5-8,15-20H2,1-4H3,(H,40,41)(H,42,52)(H,43,53)(H2,44,45,46,49)/t28-,29-,31-,32-/m0/s1. The van der Waals surface area contributed by atoms with E-state index in [0.717, 1.165) is 40.7 Å². The van der Waals surface area contributed by atoms with Crippen molar-refractivity contribution in [2.45, 2.75) is 62.7 Å². The summed E-state index contributed by atoms with van der Waals surface area (Å²) in [6.45, 7) is 1.44. The van der Waals surface area contributed by atoms with Crippen LogP contribution in [0.15, 0.2) is 48.7 Å². The molecule has 2 aromatic carbocycles. The molecule has 304 valence electrons. The van der Waals surface area contributed by atoms with Crippen molar-refractivity contribution < 1.29 is 42.9 Å². The fraction of sp³-hybridized carbons (Fsp3) is 0.462. The maximum Gasteiger partial charge on any atom is 0.407 e. The molecular formula is C39H49N9O9. The lowest BCUT2D eigenvalue weighted by molar-refractivity contribution is -0.138. The Morgan fingerprint density at radius 2 is 1.39 bits per heavy atom. The smallest absolute Gasteiger partial charge is 0.407 e. The summed E-state index contributed by atoms with van der Waals surface area (Å²) in [7, 11) is 5.52. The number of benzene rings is 2. The van der Waals surface area contributed by atoms with E-state index >= 15 is 0 Å². The minimum atomic E-state index is -0.905. The Labute approximate surface area is 329 Å². The van der Waals surface area contributed by atoms with E-state index in [9.17, 15) is 24.0 Å². The predicted molar refractivity (Wildman–Crippen MR) is 208 cm³/mol. The number of nitrogens with zero attached hydrogens (tertiary/aromatic N) is 4.